The van der Waals surface area contributed by atoms with Crippen LogP contribution in [0.2, 0.25) is 0 Å². The van der Waals surface area contributed by atoms with Gasteiger partial charge in [-0.3, -0.25) is 4.79 Å². The average Bonchev–Trinajstić information content (AvgIpc) is 2.28. The fourth-order valence-corrected chi connectivity index (χ4v) is 2.34. The predicted molar refractivity (Wildman–Crippen MR) is 67.1 cm³/mol. The van der Waals surface area contributed by atoms with Gasteiger partial charge in [0.05, 0.1) is 6.10 Å². The minimum Gasteiger partial charge on any atom is -0.481 e. The third-order valence-electron chi connectivity index (χ3n) is 3.56. The Bertz CT molecular complexity index is 243. The number of hydrogen-bond acceptors (Lipinski definition) is 3. The number of nitrogens with zero attached hydrogens (tertiary/aromatic N) is 1. The lowest BCUT2D eigenvalue weighted by Crippen LogP contribution is -2.42. The Hall–Kier alpha value is -0.610. The lowest BCUT2D eigenvalue weighted by molar-refractivity contribution is -0.137. The van der Waals surface area contributed by atoms with Crippen LogP contribution < -0.4 is 0 Å². The zero-order valence-corrected chi connectivity index (χ0v) is 11.2. The zero-order chi connectivity index (χ0) is 12.8. The lowest BCUT2D eigenvalue weighted by Gasteiger charge is -2.37. The van der Waals surface area contributed by atoms with E-state index in [0.717, 1.165) is 32.4 Å². The maximum atomic E-state index is 10.5. The highest BCUT2D eigenvalue weighted by Crippen LogP contribution is 2.23. The summed E-state index contributed by atoms with van der Waals surface area (Å²) in [6, 6.07) is 0.546. The Balaban J connectivity index is 2.30. The number of carboxylic acids is 1. The Labute approximate surface area is 104 Å². The Kier molecular flexibility index (Phi) is 5.92. The smallest absolute Gasteiger partial charge is 0.303 e. The van der Waals surface area contributed by atoms with E-state index in [2.05, 4.69) is 25.8 Å². The number of carbonyl (C=O) groups is 1. The van der Waals surface area contributed by atoms with E-state index in [1.807, 2.05) is 0 Å². The molecule has 2 atom stereocenters. The van der Waals surface area contributed by atoms with E-state index < -0.39 is 5.97 Å². The van der Waals surface area contributed by atoms with Crippen molar-refractivity contribution in [1.29, 1.82) is 0 Å². The molecule has 2 unspecified atom stereocenters. The molecular formula is C13H25NO3. The van der Waals surface area contributed by atoms with Crippen LogP contribution in [0.15, 0.2) is 0 Å². The van der Waals surface area contributed by atoms with Crippen molar-refractivity contribution in [2.24, 2.45) is 5.92 Å². The molecule has 1 aliphatic rings. The summed E-state index contributed by atoms with van der Waals surface area (Å²) in [5, 5.41) is 8.61. The van der Waals surface area contributed by atoms with Crippen LogP contribution in [-0.4, -0.2) is 48.3 Å². The Morgan fingerprint density at radius 1 is 1.53 bits per heavy atom. The summed E-state index contributed by atoms with van der Waals surface area (Å²) in [5.74, 6) is -0.143. The second-order valence-electron chi connectivity index (χ2n) is 5.31. The first-order chi connectivity index (χ1) is 8.00. The van der Waals surface area contributed by atoms with Gasteiger partial charge in [-0.25, -0.2) is 0 Å². The first kappa shape index (κ1) is 14.5. The molecule has 17 heavy (non-hydrogen) atoms. The van der Waals surface area contributed by atoms with Crippen LogP contribution in [0.25, 0.3) is 0 Å². The maximum absolute atomic E-state index is 10.5. The largest absolute Gasteiger partial charge is 0.481 e. The van der Waals surface area contributed by atoms with Crippen molar-refractivity contribution in [2.75, 3.05) is 20.2 Å². The molecule has 1 rings (SSSR count). The van der Waals surface area contributed by atoms with Crippen LogP contribution in [0.3, 0.4) is 0 Å². The molecule has 1 saturated heterocycles. The summed E-state index contributed by atoms with van der Waals surface area (Å²) in [6.45, 7) is 6.08. The minimum atomic E-state index is -0.703. The quantitative estimate of drug-likeness (QED) is 0.775. The summed E-state index contributed by atoms with van der Waals surface area (Å²) in [7, 11) is 2.09. The SMILES string of the molecule is CC(C)C1CC(N(C)CCCC(=O)O)CCO1. The van der Waals surface area contributed by atoms with Gasteiger partial charge in [0.1, 0.15) is 0 Å². The first-order valence-corrected chi connectivity index (χ1v) is 6.54. The van der Waals surface area contributed by atoms with Gasteiger partial charge in [-0.1, -0.05) is 13.8 Å². The van der Waals surface area contributed by atoms with Crippen LogP contribution in [0.1, 0.15) is 39.5 Å². The maximum Gasteiger partial charge on any atom is 0.303 e. The number of aliphatic carboxylic acids is 1. The van der Waals surface area contributed by atoms with Crippen LogP contribution in [-0.2, 0) is 9.53 Å². The van der Waals surface area contributed by atoms with Crippen molar-refractivity contribution in [1.82, 2.24) is 4.90 Å². The summed E-state index contributed by atoms with van der Waals surface area (Å²) >= 11 is 0. The minimum absolute atomic E-state index is 0.265. The van der Waals surface area contributed by atoms with E-state index in [0.29, 0.717) is 18.1 Å². The molecule has 1 fully saturated rings. The second-order valence-corrected chi connectivity index (χ2v) is 5.31. The van der Waals surface area contributed by atoms with Crippen LogP contribution >= 0.6 is 0 Å². The number of hydrogen-bond donors (Lipinski definition) is 1. The van der Waals surface area contributed by atoms with E-state index in [1.54, 1.807) is 0 Å². The highest BCUT2D eigenvalue weighted by Gasteiger charge is 2.27. The van der Waals surface area contributed by atoms with Crippen molar-refractivity contribution in [2.45, 2.75) is 51.7 Å². The van der Waals surface area contributed by atoms with Crippen molar-refractivity contribution < 1.29 is 14.6 Å². The topological polar surface area (TPSA) is 49.8 Å². The number of rotatable bonds is 6. The van der Waals surface area contributed by atoms with Crippen molar-refractivity contribution in [3.05, 3.63) is 0 Å². The van der Waals surface area contributed by atoms with Gasteiger partial charge in [-0.15, -0.1) is 0 Å². The molecule has 0 saturated carbocycles. The number of carboxylic acid groups (broad SMARTS) is 1. The van der Waals surface area contributed by atoms with Crippen LogP contribution in [0, 0.1) is 5.92 Å². The molecule has 0 aromatic heterocycles. The van der Waals surface area contributed by atoms with E-state index >= 15 is 0 Å². The van der Waals surface area contributed by atoms with Gasteiger partial charge in [0.2, 0.25) is 0 Å². The molecule has 0 amide bonds. The van der Waals surface area contributed by atoms with Crippen LogP contribution in [0.4, 0.5) is 0 Å². The molecule has 0 bridgehead atoms. The molecule has 1 heterocycles. The van der Waals surface area contributed by atoms with E-state index in [9.17, 15) is 4.79 Å². The molecule has 1 N–H and O–H groups in total. The highest BCUT2D eigenvalue weighted by molar-refractivity contribution is 5.66. The Morgan fingerprint density at radius 2 is 2.24 bits per heavy atom. The highest BCUT2D eigenvalue weighted by atomic mass is 16.5. The van der Waals surface area contributed by atoms with Crippen molar-refractivity contribution in [3.63, 3.8) is 0 Å². The van der Waals surface area contributed by atoms with Gasteiger partial charge in [-0.2, -0.15) is 0 Å². The molecule has 0 aromatic carbocycles. The Morgan fingerprint density at radius 3 is 2.82 bits per heavy atom. The molecular weight excluding hydrogens is 218 g/mol. The fraction of sp³-hybridized carbons (Fsp3) is 0.923. The monoisotopic (exact) mass is 243 g/mol. The van der Waals surface area contributed by atoms with Crippen molar-refractivity contribution in [3.8, 4) is 0 Å². The molecule has 0 aliphatic carbocycles. The third kappa shape index (κ3) is 5.04. The number of ether oxygens (including phenoxy) is 1. The van der Waals surface area contributed by atoms with Gasteiger partial charge in [-0.05, 0) is 38.8 Å². The van der Waals surface area contributed by atoms with Gasteiger partial charge >= 0.3 is 5.97 Å². The van der Waals surface area contributed by atoms with Crippen molar-refractivity contribution >= 4 is 5.97 Å². The molecule has 0 radical (unpaired) electrons. The summed E-state index contributed by atoms with van der Waals surface area (Å²) in [5.41, 5.74) is 0. The van der Waals surface area contributed by atoms with E-state index in [-0.39, 0.29) is 6.42 Å². The van der Waals surface area contributed by atoms with Gasteiger partial charge in [0.15, 0.2) is 0 Å². The van der Waals surface area contributed by atoms with Gasteiger partial charge in [0.25, 0.3) is 0 Å². The molecule has 4 heteroatoms. The average molecular weight is 243 g/mol. The van der Waals surface area contributed by atoms with Crippen LogP contribution in [0.5, 0.6) is 0 Å². The second kappa shape index (κ2) is 6.97. The van der Waals surface area contributed by atoms with Gasteiger partial charge in [0, 0.05) is 19.1 Å². The normalized spacial score (nSPS) is 25.5. The molecule has 100 valence electrons. The predicted octanol–water partition coefficient (Wildman–Crippen LogP) is 1.99. The van der Waals surface area contributed by atoms with E-state index in [4.69, 9.17) is 9.84 Å². The first-order valence-electron chi connectivity index (χ1n) is 6.54. The molecule has 0 spiro atoms. The van der Waals surface area contributed by atoms with E-state index in [1.165, 1.54) is 0 Å². The molecule has 4 nitrogen and oxygen atoms in total. The fourth-order valence-electron chi connectivity index (χ4n) is 2.34. The summed E-state index contributed by atoms with van der Waals surface area (Å²) in [6.07, 6.45) is 3.49. The standard InChI is InChI=1S/C13H25NO3/c1-10(2)12-9-11(6-8-17-12)14(3)7-4-5-13(15)16/h10-12H,4-9H2,1-3H3,(H,15,16). The summed E-state index contributed by atoms with van der Waals surface area (Å²) in [4.78, 5) is 12.8. The lowest BCUT2D eigenvalue weighted by atomic mass is 9.94. The molecule has 1 aliphatic heterocycles. The third-order valence-corrected chi connectivity index (χ3v) is 3.56. The van der Waals surface area contributed by atoms with Gasteiger partial charge < -0.3 is 14.7 Å². The molecule has 0 aromatic rings. The summed E-state index contributed by atoms with van der Waals surface area (Å²) < 4.78 is 5.74. The zero-order valence-electron chi connectivity index (χ0n) is 11.2.